The third kappa shape index (κ3) is 4.84. The third-order valence-electron chi connectivity index (χ3n) is 4.67. The summed E-state index contributed by atoms with van der Waals surface area (Å²) in [4.78, 5) is 17.7. The van der Waals surface area contributed by atoms with Gasteiger partial charge in [0.15, 0.2) is 0 Å². The number of para-hydroxylation sites is 3. The largest absolute Gasteiger partial charge is 0.494 e. The number of thiophene rings is 1. The molecule has 4 rings (SSSR count). The fraction of sp³-hybridized carbons (Fsp3) is 0.217. The lowest BCUT2D eigenvalue weighted by atomic mass is 10.3. The molecule has 2 aromatic carbocycles. The molecule has 0 spiro atoms. The van der Waals surface area contributed by atoms with Crippen LogP contribution in [0.5, 0.6) is 5.75 Å². The van der Waals surface area contributed by atoms with Crippen LogP contribution in [0.4, 0.5) is 0 Å². The van der Waals surface area contributed by atoms with Gasteiger partial charge >= 0.3 is 0 Å². The summed E-state index contributed by atoms with van der Waals surface area (Å²) in [5.41, 5.74) is 2.05. The average molecular weight is 406 g/mol. The van der Waals surface area contributed by atoms with E-state index in [4.69, 9.17) is 9.72 Å². The Labute approximate surface area is 174 Å². The Bertz CT molecular complexity index is 1060. The highest BCUT2D eigenvalue weighted by molar-refractivity contribution is 7.12. The van der Waals surface area contributed by atoms with Gasteiger partial charge in [0.2, 0.25) is 0 Å². The summed E-state index contributed by atoms with van der Waals surface area (Å²) >= 11 is 1.44. The lowest BCUT2D eigenvalue weighted by Gasteiger charge is -2.11. The molecular formula is C23H23N3O2S. The van der Waals surface area contributed by atoms with Gasteiger partial charge in [0.05, 0.1) is 29.1 Å². The van der Waals surface area contributed by atoms with Crippen molar-refractivity contribution in [3.05, 3.63) is 82.8 Å². The molecule has 0 aliphatic rings. The van der Waals surface area contributed by atoms with Gasteiger partial charge in [-0.2, -0.15) is 0 Å². The molecule has 148 valence electrons. The summed E-state index contributed by atoms with van der Waals surface area (Å²) in [6, 6.07) is 21.7. The maximum Gasteiger partial charge on any atom is 0.261 e. The molecule has 4 aromatic rings. The molecule has 5 nitrogen and oxygen atoms in total. The first-order valence-electron chi connectivity index (χ1n) is 9.75. The van der Waals surface area contributed by atoms with Crippen molar-refractivity contribution in [3.8, 4) is 5.75 Å². The number of amides is 1. The molecule has 29 heavy (non-hydrogen) atoms. The van der Waals surface area contributed by atoms with E-state index < -0.39 is 0 Å². The van der Waals surface area contributed by atoms with E-state index >= 15 is 0 Å². The van der Waals surface area contributed by atoms with Crippen molar-refractivity contribution in [2.24, 2.45) is 0 Å². The number of hydrogen-bond donors (Lipinski definition) is 1. The molecule has 0 aliphatic carbocycles. The van der Waals surface area contributed by atoms with Crippen LogP contribution >= 0.6 is 11.3 Å². The monoisotopic (exact) mass is 405 g/mol. The third-order valence-corrected chi connectivity index (χ3v) is 5.54. The smallest absolute Gasteiger partial charge is 0.261 e. The number of carbonyl (C=O) groups is 1. The highest BCUT2D eigenvalue weighted by atomic mass is 32.1. The Hall–Kier alpha value is -3.12. The number of aryl methyl sites for hydroxylation is 1. The van der Waals surface area contributed by atoms with E-state index in [1.165, 1.54) is 11.3 Å². The standard InChI is InChI=1S/C23H23N3O2S/c27-23(21-13-8-16-29-21)24-17-22-25-19-11-4-5-12-20(19)26(22)14-6-7-15-28-18-9-2-1-3-10-18/h1-5,8-13,16H,6-7,14-15,17H2,(H,24,27). The van der Waals surface area contributed by atoms with Gasteiger partial charge in [0.1, 0.15) is 11.6 Å². The number of imidazole rings is 1. The van der Waals surface area contributed by atoms with Crippen LogP contribution in [0.3, 0.4) is 0 Å². The first kappa shape index (κ1) is 19.2. The molecule has 0 atom stereocenters. The predicted octanol–water partition coefficient (Wildman–Crippen LogP) is 4.89. The minimum Gasteiger partial charge on any atom is -0.494 e. The zero-order chi connectivity index (χ0) is 19.9. The van der Waals surface area contributed by atoms with Crippen molar-refractivity contribution in [1.29, 1.82) is 0 Å². The number of nitrogens with zero attached hydrogens (tertiary/aromatic N) is 2. The van der Waals surface area contributed by atoms with Crippen LogP contribution in [0.15, 0.2) is 72.1 Å². The van der Waals surface area contributed by atoms with Crippen molar-refractivity contribution in [1.82, 2.24) is 14.9 Å². The van der Waals surface area contributed by atoms with E-state index in [-0.39, 0.29) is 5.91 Å². The molecule has 0 radical (unpaired) electrons. The van der Waals surface area contributed by atoms with Gasteiger partial charge in [-0.1, -0.05) is 36.4 Å². The Morgan fingerprint density at radius 1 is 1.00 bits per heavy atom. The molecule has 1 N–H and O–H groups in total. The molecule has 0 saturated carbocycles. The van der Waals surface area contributed by atoms with Crippen LogP contribution in [0.1, 0.15) is 28.3 Å². The summed E-state index contributed by atoms with van der Waals surface area (Å²) in [5.74, 6) is 1.72. The number of aromatic nitrogens is 2. The summed E-state index contributed by atoms with van der Waals surface area (Å²) in [5, 5.41) is 4.89. The SMILES string of the molecule is O=C(NCc1nc2ccccc2n1CCCCOc1ccccc1)c1cccs1. The Balaban J connectivity index is 1.37. The number of unbranched alkanes of at least 4 members (excludes halogenated alkanes) is 1. The average Bonchev–Trinajstić information content (AvgIpc) is 3.41. The van der Waals surface area contributed by atoms with Crippen LogP contribution in [0.25, 0.3) is 11.0 Å². The fourth-order valence-corrected chi connectivity index (χ4v) is 3.88. The van der Waals surface area contributed by atoms with Crippen LogP contribution in [0, 0.1) is 0 Å². The number of hydrogen-bond acceptors (Lipinski definition) is 4. The molecule has 0 unspecified atom stereocenters. The lowest BCUT2D eigenvalue weighted by molar-refractivity contribution is 0.0953. The minimum absolute atomic E-state index is 0.0603. The second kappa shape index (κ2) is 9.39. The second-order valence-electron chi connectivity index (χ2n) is 6.70. The normalized spacial score (nSPS) is 10.9. The van der Waals surface area contributed by atoms with E-state index in [0.29, 0.717) is 18.0 Å². The number of fused-ring (bicyclic) bond motifs is 1. The van der Waals surface area contributed by atoms with Gasteiger partial charge in [0.25, 0.3) is 5.91 Å². The highest BCUT2D eigenvalue weighted by Gasteiger charge is 2.12. The molecular weight excluding hydrogens is 382 g/mol. The van der Waals surface area contributed by atoms with Gasteiger partial charge in [-0.05, 0) is 48.6 Å². The van der Waals surface area contributed by atoms with E-state index in [1.54, 1.807) is 0 Å². The number of benzene rings is 2. The number of nitrogens with one attached hydrogen (secondary N) is 1. The van der Waals surface area contributed by atoms with Crippen LogP contribution in [0.2, 0.25) is 0 Å². The van der Waals surface area contributed by atoms with Crippen molar-refractivity contribution < 1.29 is 9.53 Å². The number of ether oxygens (including phenoxy) is 1. The van der Waals surface area contributed by atoms with Gasteiger partial charge in [-0.15, -0.1) is 11.3 Å². The Morgan fingerprint density at radius 2 is 1.83 bits per heavy atom. The van der Waals surface area contributed by atoms with E-state index in [0.717, 1.165) is 42.0 Å². The summed E-state index contributed by atoms with van der Waals surface area (Å²) in [6.07, 6.45) is 1.92. The molecule has 0 bridgehead atoms. The maximum atomic E-state index is 12.3. The minimum atomic E-state index is -0.0603. The zero-order valence-corrected chi connectivity index (χ0v) is 16.9. The predicted molar refractivity (Wildman–Crippen MR) is 116 cm³/mol. The lowest BCUT2D eigenvalue weighted by Crippen LogP contribution is -2.24. The van der Waals surface area contributed by atoms with Gasteiger partial charge in [-0.3, -0.25) is 4.79 Å². The summed E-state index contributed by atoms with van der Waals surface area (Å²) in [6.45, 7) is 1.93. The molecule has 0 fully saturated rings. The molecule has 0 aliphatic heterocycles. The van der Waals surface area contributed by atoms with Crippen molar-refractivity contribution in [2.45, 2.75) is 25.9 Å². The van der Waals surface area contributed by atoms with Gasteiger partial charge in [-0.25, -0.2) is 4.98 Å². The summed E-state index contributed by atoms with van der Waals surface area (Å²) in [7, 11) is 0. The van der Waals surface area contributed by atoms with Gasteiger partial charge in [0, 0.05) is 6.54 Å². The van der Waals surface area contributed by atoms with Crippen molar-refractivity contribution >= 4 is 28.3 Å². The van der Waals surface area contributed by atoms with E-state index in [1.807, 2.05) is 66.0 Å². The highest BCUT2D eigenvalue weighted by Crippen LogP contribution is 2.18. The first-order chi connectivity index (χ1) is 14.3. The molecule has 6 heteroatoms. The maximum absolute atomic E-state index is 12.3. The fourth-order valence-electron chi connectivity index (χ4n) is 3.24. The van der Waals surface area contributed by atoms with E-state index in [2.05, 4.69) is 16.0 Å². The molecule has 2 aromatic heterocycles. The van der Waals surface area contributed by atoms with Gasteiger partial charge < -0.3 is 14.6 Å². The Morgan fingerprint density at radius 3 is 2.66 bits per heavy atom. The first-order valence-corrected chi connectivity index (χ1v) is 10.6. The quantitative estimate of drug-likeness (QED) is 0.404. The topological polar surface area (TPSA) is 56.2 Å². The number of carbonyl (C=O) groups excluding carboxylic acids is 1. The van der Waals surface area contributed by atoms with Crippen LogP contribution in [-0.4, -0.2) is 22.1 Å². The second-order valence-corrected chi connectivity index (χ2v) is 7.64. The van der Waals surface area contributed by atoms with Crippen molar-refractivity contribution in [2.75, 3.05) is 6.61 Å². The number of rotatable bonds is 9. The molecule has 1 amide bonds. The molecule has 0 saturated heterocycles. The Kier molecular flexibility index (Phi) is 6.22. The van der Waals surface area contributed by atoms with Crippen LogP contribution in [-0.2, 0) is 13.1 Å². The van der Waals surface area contributed by atoms with Crippen LogP contribution < -0.4 is 10.1 Å². The summed E-state index contributed by atoms with van der Waals surface area (Å²) < 4.78 is 7.98. The molecule has 2 heterocycles. The van der Waals surface area contributed by atoms with E-state index in [9.17, 15) is 4.79 Å². The zero-order valence-electron chi connectivity index (χ0n) is 16.1. The van der Waals surface area contributed by atoms with Crippen molar-refractivity contribution in [3.63, 3.8) is 0 Å².